The van der Waals surface area contributed by atoms with Gasteiger partial charge in [0.15, 0.2) is 0 Å². The number of pyridine rings is 1. The first-order valence-electron chi connectivity index (χ1n) is 6.61. The van der Waals surface area contributed by atoms with Crippen LogP contribution in [-0.2, 0) is 0 Å². The minimum Gasteiger partial charge on any atom is -0.335 e. The van der Waals surface area contributed by atoms with Crippen molar-refractivity contribution in [2.45, 2.75) is 25.9 Å². The second-order valence-electron chi connectivity index (χ2n) is 5.29. The Kier molecular flexibility index (Phi) is 2.98. The average molecular weight is 258 g/mol. The smallest absolute Gasteiger partial charge is 0.255 e. The molecular weight excluding hydrogens is 240 g/mol. The van der Waals surface area contributed by atoms with E-state index in [2.05, 4.69) is 24.1 Å². The minimum absolute atomic E-state index is 0.0933. The highest BCUT2D eigenvalue weighted by Crippen LogP contribution is 2.11. The molecule has 1 aliphatic rings. The lowest BCUT2D eigenvalue weighted by atomic mass is 10.1. The maximum absolute atomic E-state index is 12.5. The van der Waals surface area contributed by atoms with Crippen LogP contribution in [0.1, 0.15) is 24.2 Å². The summed E-state index contributed by atoms with van der Waals surface area (Å²) in [4.78, 5) is 18.6. The second kappa shape index (κ2) is 4.66. The normalized spacial score (nSPS) is 23.8. The van der Waals surface area contributed by atoms with Gasteiger partial charge in [-0.25, -0.2) is 4.98 Å². The van der Waals surface area contributed by atoms with Crippen LogP contribution in [0.4, 0.5) is 0 Å². The van der Waals surface area contributed by atoms with Gasteiger partial charge in [-0.2, -0.15) is 0 Å². The number of hydrogen-bond donors (Lipinski definition) is 1. The quantitative estimate of drug-likeness (QED) is 0.835. The number of aromatic nitrogens is 2. The molecule has 2 aromatic rings. The van der Waals surface area contributed by atoms with Gasteiger partial charge in [0, 0.05) is 43.8 Å². The Labute approximate surface area is 112 Å². The summed E-state index contributed by atoms with van der Waals surface area (Å²) >= 11 is 0. The zero-order chi connectivity index (χ0) is 13.4. The molecule has 3 rings (SSSR count). The fourth-order valence-electron chi connectivity index (χ4n) is 2.72. The number of fused-ring (bicyclic) bond motifs is 1. The standard InChI is InChI=1S/C14H18N4O/c1-10-7-18(8-11(2)16-10)14(19)12-3-4-13-15-5-6-17(13)9-12/h3-6,9-11,16H,7-8H2,1-2H3/t10-,11-/m1/s1. The van der Waals surface area contributed by atoms with Crippen LogP contribution in [0.2, 0.25) is 0 Å². The summed E-state index contributed by atoms with van der Waals surface area (Å²) in [5.74, 6) is 0.0933. The lowest BCUT2D eigenvalue weighted by Gasteiger charge is -2.36. The third-order valence-corrected chi connectivity index (χ3v) is 3.48. The Bertz CT molecular complexity index is 596. The van der Waals surface area contributed by atoms with Crippen molar-refractivity contribution in [3.8, 4) is 0 Å². The third kappa shape index (κ3) is 2.33. The van der Waals surface area contributed by atoms with Crippen molar-refractivity contribution in [3.05, 3.63) is 36.3 Å². The highest BCUT2D eigenvalue weighted by atomic mass is 16.2. The molecule has 2 atom stereocenters. The fourth-order valence-corrected chi connectivity index (χ4v) is 2.72. The van der Waals surface area contributed by atoms with E-state index in [0.717, 1.165) is 18.7 Å². The molecule has 5 nitrogen and oxygen atoms in total. The van der Waals surface area contributed by atoms with Gasteiger partial charge in [-0.1, -0.05) is 0 Å². The van der Waals surface area contributed by atoms with Crippen LogP contribution in [0.3, 0.4) is 0 Å². The monoisotopic (exact) mass is 258 g/mol. The maximum Gasteiger partial charge on any atom is 0.255 e. The van der Waals surface area contributed by atoms with E-state index in [1.807, 2.05) is 33.8 Å². The molecule has 0 saturated carbocycles. The van der Waals surface area contributed by atoms with Gasteiger partial charge in [0.1, 0.15) is 5.65 Å². The summed E-state index contributed by atoms with van der Waals surface area (Å²) in [6.07, 6.45) is 5.44. The van der Waals surface area contributed by atoms with E-state index < -0.39 is 0 Å². The molecule has 1 aliphatic heterocycles. The number of piperazine rings is 1. The molecule has 1 N–H and O–H groups in total. The Morgan fingerprint density at radius 3 is 2.79 bits per heavy atom. The predicted molar refractivity (Wildman–Crippen MR) is 73.2 cm³/mol. The van der Waals surface area contributed by atoms with Gasteiger partial charge in [0.2, 0.25) is 0 Å². The first-order chi connectivity index (χ1) is 9.13. The molecule has 0 radical (unpaired) electrons. The Morgan fingerprint density at radius 2 is 2.05 bits per heavy atom. The van der Waals surface area contributed by atoms with Crippen molar-refractivity contribution in [2.24, 2.45) is 0 Å². The van der Waals surface area contributed by atoms with Crippen LogP contribution >= 0.6 is 0 Å². The van der Waals surface area contributed by atoms with Gasteiger partial charge in [-0.3, -0.25) is 4.79 Å². The van der Waals surface area contributed by atoms with E-state index in [4.69, 9.17) is 0 Å². The molecule has 5 heteroatoms. The predicted octanol–water partition coefficient (Wildman–Crippen LogP) is 1.16. The van der Waals surface area contributed by atoms with Crippen LogP contribution < -0.4 is 5.32 Å². The van der Waals surface area contributed by atoms with Crippen LogP contribution in [0.15, 0.2) is 30.7 Å². The number of amides is 1. The number of carbonyl (C=O) groups excluding carboxylic acids is 1. The summed E-state index contributed by atoms with van der Waals surface area (Å²) in [6, 6.07) is 4.40. The summed E-state index contributed by atoms with van der Waals surface area (Å²) < 4.78 is 1.88. The van der Waals surface area contributed by atoms with Crippen LogP contribution in [-0.4, -0.2) is 45.4 Å². The first-order valence-corrected chi connectivity index (χ1v) is 6.61. The molecule has 19 heavy (non-hydrogen) atoms. The number of nitrogens with one attached hydrogen (secondary N) is 1. The van der Waals surface area contributed by atoms with Crippen LogP contribution in [0, 0.1) is 0 Å². The third-order valence-electron chi connectivity index (χ3n) is 3.48. The number of nitrogens with zero attached hydrogens (tertiary/aromatic N) is 3. The van der Waals surface area contributed by atoms with E-state index in [-0.39, 0.29) is 5.91 Å². The Hall–Kier alpha value is -1.88. The highest BCUT2D eigenvalue weighted by Gasteiger charge is 2.25. The van der Waals surface area contributed by atoms with E-state index in [1.54, 1.807) is 6.20 Å². The molecule has 1 amide bonds. The molecular formula is C14H18N4O. The fraction of sp³-hybridized carbons (Fsp3) is 0.429. The molecule has 0 unspecified atom stereocenters. The molecule has 0 spiro atoms. The van der Waals surface area contributed by atoms with Gasteiger partial charge < -0.3 is 14.6 Å². The van der Waals surface area contributed by atoms with Crippen molar-refractivity contribution in [2.75, 3.05) is 13.1 Å². The number of carbonyl (C=O) groups is 1. The van der Waals surface area contributed by atoms with Crippen molar-refractivity contribution < 1.29 is 4.79 Å². The zero-order valence-electron chi connectivity index (χ0n) is 11.2. The molecule has 3 heterocycles. The summed E-state index contributed by atoms with van der Waals surface area (Å²) in [5, 5.41) is 3.43. The number of hydrogen-bond acceptors (Lipinski definition) is 3. The molecule has 1 fully saturated rings. The van der Waals surface area contributed by atoms with Crippen molar-refractivity contribution >= 4 is 11.6 Å². The maximum atomic E-state index is 12.5. The van der Waals surface area contributed by atoms with Crippen LogP contribution in [0.25, 0.3) is 5.65 Å². The second-order valence-corrected chi connectivity index (χ2v) is 5.29. The summed E-state index contributed by atoms with van der Waals surface area (Å²) in [7, 11) is 0. The topological polar surface area (TPSA) is 49.6 Å². The van der Waals surface area contributed by atoms with Crippen molar-refractivity contribution in [1.29, 1.82) is 0 Å². The molecule has 100 valence electrons. The largest absolute Gasteiger partial charge is 0.335 e. The van der Waals surface area contributed by atoms with E-state index >= 15 is 0 Å². The van der Waals surface area contributed by atoms with Gasteiger partial charge in [0.05, 0.1) is 5.56 Å². The Morgan fingerprint density at radius 1 is 1.32 bits per heavy atom. The highest BCUT2D eigenvalue weighted by molar-refractivity contribution is 5.94. The molecule has 0 aliphatic carbocycles. The number of imidazole rings is 1. The van der Waals surface area contributed by atoms with Crippen molar-refractivity contribution in [3.63, 3.8) is 0 Å². The van der Waals surface area contributed by atoms with Gasteiger partial charge in [-0.05, 0) is 26.0 Å². The lowest BCUT2D eigenvalue weighted by Crippen LogP contribution is -2.55. The molecule has 0 bridgehead atoms. The van der Waals surface area contributed by atoms with E-state index in [1.165, 1.54) is 0 Å². The Balaban J connectivity index is 1.86. The average Bonchev–Trinajstić information content (AvgIpc) is 2.83. The van der Waals surface area contributed by atoms with Crippen molar-refractivity contribution in [1.82, 2.24) is 19.6 Å². The molecule has 0 aromatic carbocycles. The van der Waals surface area contributed by atoms with E-state index in [9.17, 15) is 4.79 Å². The molecule has 1 saturated heterocycles. The SMILES string of the molecule is C[C@@H]1CN(C(=O)c2ccc3nccn3c2)C[C@@H](C)N1. The van der Waals surface area contributed by atoms with Crippen LogP contribution in [0.5, 0.6) is 0 Å². The van der Waals surface area contributed by atoms with Gasteiger partial charge >= 0.3 is 0 Å². The van der Waals surface area contributed by atoms with Gasteiger partial charge in [-0.15, -0.1) is 0 Å². The summed E-state index contributed by atoms with van der Waals surface area (Å²) in [5.41, 5.74) is 1.57. The van der Waals surface area contributed by atoms with E-state index in [0.29, 0.717) is 17.6 Å². The lowest BCUT2D eigenvalue weighted by molar-refractivity contribution is 0.0673. The summed E-state index contributed by atoms with van der Waals surface area (Å²) in [6.45, 7) is 5.72. The number of rotatable bonds is 1. The zero-order valence-corrected chi connectivity index (χ0v) is 11.2. The first kappa shape index (κ1) is 12.2. The molecule has 2 aromatic heterocycles. The van der Waals surface area contributed by atoms with Gasteiger partial charge in [0.25, 0.3) is 5.91 Å². The minimum atomic E-state index is 0.0933.